The van der Waals surface area contributed by atoms with Gasteiger partial charge in [-0.3, -0.25) is 14.4 Å². The van der Waals surface area contributed by atoms with E-state index >= 15 is 0 Å². The summed E-state index contributed by atoms with van der Waals surface area (Å²) in [6.45, 7) is 0.941. The molecule has 3 N–H and O–H groups in total. The van der Waals surface area contributed by atoms with Crippen LogP contribution in [0.15, 0.2) is 36.4 Å². The fourth-order valence-corrected chi connectivity index (χ4v) is 3.71. The van der Waals surface area contributed by atoms with E-state index in [1.165, 1.54) is 24.3 Å². The summed E-state index contributed by atoms with van der Waals surface area (Å²) < 4.78 is 13.0. The highest BCUT2D eigenvalue weighted by molar-refractivity contribution is 5.94. The van der Waals surface area contributed by atoms with Crippen LogP contribution in [0.1, 0.15) is 36.0 Å². The summed E-state index contributed by atoms with van der Waals surface area (Å²) in [6, 6.07) is 5.20. The molecule has 6 nitrogen and oxygen atoms in total. The first-order valence-electron chi connectivity index (χ1n) is 9.25. The number of amides is 3. The lowest BCUT2D eigenvalue weighted by molar-refractivity contribution is -0.128. The van der Waals surface area contributed by atoms with E-state index in [-0.39, 0.29) is 35.5 Å². The minimum atomic E-state index is -0.399. The topological polar surface area (TPSA) is 92.5 Å². The summed E-state index contributed by atoms with van der Waals surface area (Å²) in [5, 5.41) is 2.97. The zero-order valence-electron chi connectivity index (χ0n) is 15.1. The molecule has 1 heterocycles. The van der Waals surface area contributed by atoms with E-state index in [0.29, 0.717) is 44.3 Å². The average Bonchev–Trinajstić information content (AvgIpc) is 2.68. The molecule has 0 radical (unpaired) electrons. The predicted octanol–water partition coefficient (Wildman–Crippen LogP) is 1.61. The van der Waals surface area contributed by atoms with Gasteiger partial charge < -0.3 is 16.0 Å². The molecule has 1 aliphatic carbocycles. The Hall–Kier alpha value is -2.70. The number of carbonyl (C=O) groups is 3. The molecule has 3 rings (SSSR count). The molecule has 0 unspecified atom stereocenters. The Morgan fingerprint density at radius 3 is 2.30 bits per heavy atom. The van der Waals surface area contributed by atoms with Crippen molar-refractivity contribution in [3.05, 3.63) is 47.8 Å². The van der Waals surface area contributed by atoms with Crippen LogP contribution >= 0.6 is 0 Å². The van der Waals surface area contributed by atoms with Gasteiger partial charge in [0.05, 0.1) is 5.92 Å². The molecule has 2 atom stereocenters. The van der Waals surface area contributed by atoms with Gasteiger partial charge in [-0.15, -0.1) is 0 Å². The standard InChI is InChI=1S/C20H24FN3O3/c21-15-7-5-14(6-8-15)20(27)24-11-9-13(10-12-24)19(26)23-17-4-2-1-3-16(17)18(22)25/h1-2,5-8,13,16-17H,3-4,9-12H2,(H2,22,25)(H,23,26)/t16-,17-/m1/s1. The maximum absolute atomic E-state index is 13.0. The Bertz CT molecular complexity index is 739. The van der Waals surface area contributed by atoms with Crippen LogP contribution < -0.4 is 11.1 Å². The van der Waals surface area contributed by atoms with Crippen LogP contribution in [-0.4, -0.2) is 41.8 Å². The fourth-order valence-electron chi connectivity index (χ4n) is 3.71. The number of primary amides is 1. The maximum Gasteiger partial charge on any atom is 0.253 e. The summed E-state index contributed by atoms with van der Waals surface area (Å²) in [5.74, 6) is -1.59. The van der Waals surface area contributed by atoms with Crippen LogP contribution in [0.4, 0.5) is 4.39 Å². The number of piperidine rings is 1. The third-order valence-electron chi connectivity index (χ3n) is 5.37. The first-order valence-corrected chi connectivity index (χ1v) is 9.25. The van der Waals surface area contributed by atoms with Crippen molar-refractivity contribution in [3.8, 4) is 0 Å². The molecule has 0 aromatic heterocycles. The number of allylic oxidation sites excluding steroid dienone is 1. The quantitative estimate of drug-likeness (QED) is 0.786. The Balaban J connectivity index is 1.53. The second-order valence-corrected chi connectivity index (χ2v) is 7.14. The van der Waals surface area contributed by atoms with Gasteiger partial charge in [0.15, 0.2) is 0 Å². The van der Waals surface area contributed by atoms with E-state index in [1.807, 2.05) is 12.2 Å². The van der Waals surface area contributed by atoms with Gasteiger partial charge in [-0.05, 0) is 49.9 Å². The Labute approximate surface area is 157 Å². The molecule has 7 heteroatoms. The van der Waals surface area contributed by atoms with Gasteiger partial charge in [-0.25, -0.2) is 4.39 Å². The third kappa shape index (κ3) is 4.53. The Morgan fingerprint density at radius 1 is 1.04 bits per heavy atom. The molecule has 2 aliphatic rings. The number of rotatable bonds is 4. The summed E-state index contributed by atoms with van der Waals surface area (Å²) in [6.07, 6.45) is 6.13. The predicted molar refractivity (Wildman–Crippen MR) is 98.0 cm³/mol. The van der Waals surface area contributed by atoms with Crippen molar-refractivity contribution in [3.63, 3.8) is 0 Å². The number of hydrogen-bond donors (Lipinski definition) is 2. The van der Waals surface area contributed by atoms with Crippen molar-refractivity contribution in [2.45, 2.75) is 31.7 Å². The van der Waals surface area contributed by atoms with E-state index < -0.39 is 5.91 Å². The molecule has 1 aromatic rings. The van der Waals surface area contributed by atoms with Gasteiger partial charge in [0.25, 0.3) is 5.91 Å². The molecule has 1 saturated heterocycles. The zero-order valence-corrected chi connectivity index (χ0v) is 15.1. The summed E-state index contributed by atoms with van der Waals surface area (Å²) >= 11 is 0. The molecule has 0 saturated carbocycles. The molecule has 144 valence electrons. The van der Waals surface area contributed by atoms with Crippen molar-refractivity contribution in [1.29, 1.82) is 0 Å². The number of nitrogens with two attached hydrogens (primary N) is 1. The number of carbonyl (C=O) groups excluding carboxylic acids is 3. The lowest BCUT2D eigenvalue weighted by Crippen LogP contribution is -2.50. The van der Waals surface area contributed by atoms with Crippen molar-refractivity contribution >= 4 is 17.7 Å². The second kappa shape index (κ2) is 8.33. The summed E-state index contributed by atoms with van der Waals surface area (Å²) in [5.41, 5.74) is 5.88. The normalized spacial score (nSPS) is 23.1. The van der Waals surface area contributed by atoms with E-state index in [0.717, 1.165) is 0 Å². The number of benzene rings is 1. The van der Waals surface area contributed by atoms with Crippen LogP contribution in [-0.2, 0) is 9.59 Å². The minimum Gasteiger partial charge on any atom is -0.369 e. The number of hydrogen-bond acceptors (Lipinski definition) is 3. The van der Waals surface area contributed by atoms with Crippen LogP contribution in [0, 0.1) is 17.7 Å². The molecule has 1 fully saturated rings. The van der Waals surface area contributed by atoms with Gasteiger partial charge in [-0.2, -0.15) is 0 Å². The highest BCUT2D eigenvalue weighted by Crippen LogP contribution is 2.23. The van der Waals surface area contributed by atoms with Crippen molar-refractivity contribution < 1.29 is 18.8 Å². The molecule has 0 bridgehead atoms. The van der Waals surface area contributed by atoms with Crippen LogP contribution in [0.5, 0.6) is 0 Å². The SMILES string of the molecule is NC(=O)[C@@H]1CC=CC[C@H]1NC(=O)C1CCN(C(=O)c2ccc(F)cc2)CC1. The molecular formula is C20H24FN3O3. The fraction of sp³-hybridized carbons (Fsp3) is 0.450. The largest absolute Gasteiger partial charge is 0.369 e. The van der Waals surface area contributed by atoms with Crippen molar-refractivity contribution in [2.75, 3.05) is 13.1 Å². The van der Waals surface area contributed by atoms with Crippen LogP contribution in [0.3, 0.4) is 0 Å². The molecule has 3 amide bonds. The number of nitrogens with one attached hydrogen (secondary N) is 1. The van der Waals surface area contributed by atoms with E-state index in [1.54, 1.807) is 4.90 Å². The van der Waals surface area contributed by atoms with Gasteiger partial charge in [0.1, 0.15) is 5.82 Å². The smallest absolute Gasteiger partial charge is 0.253 e. The Kier molecular flexibility index (Phi) is 5.88. The number of likely N-dealkylation sites (tertiary alicyclic amines) is 1. The summed E-state index contributed by atoms with van der Waals surface area (Å²) in [4.78, 5) is 38.3. The second-order valence-electron chi connectivity index (χ2n) is 7.14. The van der Waals surface area contributed by atoms with E-state index in [2.05, 4.69) is 5.32 Å². The lowest BCUT2D eigenvalue weighted by Gasteiger charge is -2.33. The molecular weight excluding hydrogens is 349 g/mol. The Morgan fingerprint density at radius 2 is 1.67 bits per heavy atom. The molecule has 1 aliphatic heterocycles. The molecule has 1 aromatic carbocycles. The van der Waals surface area contributed by atoms with Crippen LogP contribution in [0.2, 0.25) is 0 Å². The monoisotopic (exact) mass is 373 g/mol. The van der Waals surface area contributed by atoms with Gasteiger partial charge in [0.2, 0.25) is 11.8 Å². The van der Waals surface area contributed by atoms with Crippen molar-refractivity contribution in [1.82, 2.24) is 10.2 Å². The van der Waals surface area contributed by atoms with Gasteiger partial charge >= 0.3 is 0 Å². The lowest BCUT2D eigenvalue weighted by atomic mass is 9.87. The zero-order chi connectivity index (χ0) is 19.4. The average molecular weight is 373 g/mol. The highest BCUT2D eigenvalue weighted by atomic mass is 19.1. The molecule has 27 heavy (non-hydrogen) atoms. The van der Waals surface area contributed by atoms with Crippen LogP contribution in [0.25, 0.3) is 0 Å². The highest BCUT2D eigenvalue weighted by Gasteiger charge is 2.32. The van der Waals surface area contributed by atoms with Gasteiger partial charge in [0, 0.05) is 30.6 Å². The van der Waals surface area contributed by atoms with Crippen molar-refractivity contribution in [2.24, 2.45) is 17.6 Å². The number of halogens is 1. The first kappa shape index (κ1) is 19.1. The van der Waals surface area contributed by atoms with E-state index in [4.69, 9.17) is 5.73 Å². The third-order valence-corrected chi connectivity index (χ3v) is 5.37. The maximum atomic E-state index is 13.0. The number of nitrogens with zero attached hydrogens (tertiary/aromatic N) is 1. The minimum absolute atomic E-state index is 0.0876. The first-order chi connectivity index (χ1) is 13.0. The summed E-state index contributed by atoms with van der Waals surface area (Å²) in [7, 11) is 0. The van der Waals surface area contributed by atoms with Gasteiger partial charge in [-0.1, -0.05) is 12.2 Å². The van der Waals surface area contributed by atoms with E-state index in [9.17, 15) is 18.8 Å². The molecule has 0 spiro atoms.